The van der Waals surface area contributed by atoms with Gasteiger partial charge >= 0.3 is 0 Å². The molecular weight excluding hydrogens is 252 g/mol. The summed E-state index contributed by atoms with van der Waals surface area (Å²) in [5.74, 6) is 1.61. The summed E-state index contributed by atoms with van der Waals surface area (Å²) in [6.07, 6.45) is 3.11. The number of benzene rings is 1. The number of nitriles is 1. The molecule has 4 heteroatoms. The highest BCUT2D eigenvalue weighted by Crippen LogP contribution is 2.33. The zero-order valence-electron chi connectivity index (χ0n) is 11.9. The van der Waals surface area contributed by atoms with Gasteiger partial charge in [0.2, 0.25) is 0 Å². The van der Waals surface area contributed by atoms with Gasteiger partial charge in [0, 0.05) is 6.42 Å². The maximum atomic E-state index is 9.60. The fourth-order valence-electron chi connectivity index (χ4n) is 3.03. The first-order chi connectivity index (χ1) is 9.71. The Kier molecular flexibility index (Phi) is 3.54. The maximum Gasteiger partial charge on any atom is 0.161 e. The topological polar surface area (TPSA) is 45.5 Å². The summed E-state index contributed by atoms with van der Waals surface area (Å²) in [6, 6.07) is 8.51. The molecule has 3 rings (SSSR count). The molecule has 0 radical (unpaired) electrons. The summed E-state index contributed by atoms with van der Waals surface area (Å²) >= 11 is 0. The Morgan fingerprint density at radius 3 is 2.60 bits per heavy atom. The highest BCUT2D eigenvalue weighted by molar-refractivity contribution is 5.44. The Balaban J connectivity index is 1.80. The van der Waals surface area contributed by atoms with Crippen molar-refractivity contribution in [3.63, 3.8) is 0 Å². The average molecular weight is 272 g/mol. The zero-order chi connectivity index (χ0) is 14.0. The third-order valence-corrected chi connectivity index (χ3v) is 4.20. The predicted octanol–water partition coefficient (Wildman–Crippen LogP) is 2.38. The molecule has 2 aliphatic rings. The molecule has 0 amide bonds. The minimum atomic E-state index is -0.430. The van der Waals surface area contributed by atoms with E-state index < -0.39 is 5.54 Å². The third kappa shape index (κ3) is 2.46. The van der Waals surface area contributed by atoms with Crippen molar-refractivity contribution in [1.29, 1.82) is 5.26 Å². The van der Waals surface area contributed by atoms with Gasteiger partial charge in [0.05, 0.1) is 6.07 Å². The Morgan fingerprint density at radius 1 is 1.20 bits per heavy atom. The van der Waals surface area contributed by atoms with E-state index in [0.29, 0.717) is 13.2 Å². The van der Waals surface area contributed by atoms with Crippen LogP contribution in [0.4, 0.5) is 0 Å². The van der Waals surface area contributed by atoms with Crippen LogP contribution in [0.15, 0.2) is 18.2 Å². The van der Waals surface area contributed by atoms with Crippen LogP contribution >= 0.6 is 0 Å². The lowest BCUT2D eigenvalue weighted by Gasteiger charge is -2.32. The van der Waals surface area contributed by atoms with E-state index in [1.54, 1.807) is 0 Å². The van der Waals surface area contributed by atoms with Crippen LogP contribution in [0.25, 0.3) is 0 Å². The van der Waals surface area contributed by atoms with Crippen LogP contribution in [-0.2, 0) is 6.42 Å². The quantitative estimate of drug-likeness (QED) is 0.847. The SMILES string of the molecule is CC(C#N)(Cc1ccc2c(c1)OCCO2)N1CCCC1. The molecule has 1 fully saturated rings. The van der Waals surface area contributed by atoms with E-state index in [1.165, 1.54) is 12.8 Å². The molecule has 0 saturated carbocycles. The van der Waals surface area contributed by atoms with Gasteiger partial charge in [-0.05, 0) is 50.6 Å². The van der Waals surface area contributed by atoms with Gasteiger partial charge < -0.3 is 9.47 Å². The van der Waals surface area contributed by atoms with E-state index in [0.717, 1.165) is 36.6 Å². The van der Waals surface area contributed by atoms with Crippen LogP contribution in [0.2, 0.25) is 0 Å². The molecule has 20 heavy (non-hydrogen) atoms. The lowest BCUT2D eigenvalue weighted by atomic mass is 9.92. The van der Waals surface area contributed by atoms with Gasteiger partial charge in [-0.3, -0.25) is 4.90 Å². The molecule has 2 heterocycles. The fraction of sp³-hybridized carbons (Fsp3) is 0.562. The van der Waals surface area contributed by atoms with E-state index in [4.69, 9.17) is 9.47 Å². The maximum absolute atomic E-state index is 9.60. The van der Waals surface area contributed by atoms with E-state index in [9.17, 15) is 5.26 Å². The summed E-state index contributed by atoms with van der Waals surface area (Å²) in [7, 11) is 0. The van der Waals surface area contributed by atoms with Crippen LogP contribution < -0.4 is 9.47 Å². The van der Waals surface area contributed by atoms with Crippen LogP contribution in [-0.4, -0.2) is 36.7 Å². The van der Waals surface area contributed by atoms with Gasteiger partial charge in [0.1, 0.15) is 18.8 Å². The second-order valence-electron chi connectivity index (χ2n) is 5.73. The van der Waals surface area contributed by atoms with Gasteiger partial charge in [-0.1, -0.05) is 6.07 Å². The summed E-state index contributed by atoms with van der Waals surface area (Å²) in [6.45, 7) is 5.28. The van der Waals surface area contributed by atoms with Crippen molar-refractivity contribution in [2.24, 2.45) is 0 Å². The van der Waals surface area contributed by atoms with Crippen molar-refractivity contribution in [2.45, 2.75) is 31.7 Å². The molecule has 1 saturated heterocycles. The first-order valence-corrected chi connectivity index (χ1v) is 7.26. The molecule has 2 aliphatic heterocycles. The lowest BCUT2D eigenvalue weighted by molar-refractivity contribution is 0.170. The summed E-state index contributed by atoms with van der Waals surface area (Å²) in [5.41, 5.74) is 0.700. The second-order valence-corrected chi connectivity index (χ2v) is 5.73. The molecular formula is C16H20N2O2. The monoisotopic (exact) mass is 272 g/mol. The van der Waals surface area contributed by atoms with E-state index in [2.05, 4.69) is 11.0 Å². The molecule has 106 valence electrons. The van der Waals surface area contributed by atoms with Gasteiger partial charge in [-0.2, -0.15) is 5.26 Å². The van der Waals surface area contributed by atoms with Crippen molar-refractivity contribution in [3.8, 4) is 17.6 Å². The van der Waals surface area contributed by atoms with Gasteiger partial charge in [0.15, 0.2) is 11.5 Å². The number of ether oxygens (including phenoxy) is 2. The van der Waals surface area contributed by atoms with Gasteiger partial charge in [0.25, 0.3) is 0 Å². The molecule has 0 spiro atoms. The van der Waals surface area contributed by atoms with E-state index in [-0.39, 0.29) is 0 Å². The fourth-order valence-corrected chi connectivity index (χ4v) is 3.03. The summed E-state index contributed by atoms with van der Waals surface area (Å²) < 4.78 is 11.2. The van der Waals surface area contributed by atoms with Gasteiger partial charge in [-0.25, -0.2) is 0 Å². The van der Waals surface area contributed by atoms with Crippen LogP contribution in [0, 0.1) is 11.3 Å². The highest BCUT2D eigenvalue weighted by Gasteiger charge is 2.34. The molecule has 4 nitrogen and oxygen atoms in total. The van der Waals surface area contributed by atoms with Crippen molar-refractivity contribution >= 4 is 0 Å². The first-order valence-electron chi connectivity index (χ1n) is 7.26. The molecule has 0 aliphatic carbocycles. The predicted molar refractivity (Wildman–Crippen MR) is 76.0 cm³/mol. The Morgan fingerprint density at radius 2 is 1.90 bits per heavy atom. The second kappa shape index (κ2) is 5.34. The minimum Gasteiger partial charge on any atom is -0.486 e. The van der Waals surface area contributed by atoms with Gasteiger partial charge in [-0.15, -0.1) is 0 Å². The number of nitrogens with zero attached hydrogens (tertiary/aromatic N) is 2. The molecule has 0 bridgehead atoms. The summed E-state index contributed by atoms with van der Waals surface area (Å²) in [4.78, 5) is 2.30. The number of likely N-dealkylation sites (tertiary alicyclic amines) is 1. The molecule has 0 aromatic heterocycles. The number of hydrogen-bond acceptors (Lipinski definition) is 4. The van der Waals surface area contributed by atoms with Crippen molar-refractivity contribution < 1.29 is 9.47 Å². The molecule has 1 atom stereocenters. The lowest BCUT2D eigenvalue weighted by Crippen LogP contribution is -2.45. The minimum absolute atomic E-state index is 0.430. The smallest absolute Gasteiger partial charge is 0.161 e. The normalized spacial score (nSPS) is 21.2. The summed E-state index contributed by atoms with van der Waals surface area (Å²) in [5, 5.41) is 9.60. The Bertz CT molecular complexity index is 532. The number of hydrogen-bond donors (Lipinski definition) is 0. The Labute approximate surface area is 119 Å². The largest absolute Gasteiger partial charge is 0.486 e. The number of rotatable bonds is 3. The average Bonchev–Trinajstić information content (AvgIpc) is 3.02. The van der Waals surface area contributed by atoms with E-state index >= 15 is 0 Å². The standard InChI is InChI=1S/C16H20N2O2/c1-16(12-17,18-6-2-3-7-18)11-13-4-5-14-15(10-13)20-9-8-19-14/h4-5,10H,2-3,6-9,11H2,1H3. The number of fused-ring (bicyclic) bond motifs is 1. The molecule has 0 N–H and O–H groups in total. The van der Waals surface area contributed by atoms with Crippen molar-refractivity contribution in [2.75, 3.05) is 26.3 Å². The first kappa shape index (κ1) is 13.3. The highest BCUT2D eigenvalue weighted by atomic mass is 16.6. The molecule has 1 aromatic carbocycles. The van der Waals surface area contributed by atoms with Crippen molar-refractivity contribution in [3.05, 3.63) is 23.8 Å². The van der Waals surface area contributed by atoms with Crippen LogP contribution in [0.5, 0.6) is 11.5 Å². The van der Waals surface area contributed by atoms with Crippen LogP contribution in [0.1, 0.15) is 25.3 Å². The van der Waals surface area contributed by atoms with Crippen molar-refractivity contribution in [1.82, 2.24) is 4.90 Å². The van der Waals surface area contributed by atoms with E-state index in [1.807, 2.05) is 25.1 Å². The van der Waals surface area contributed by atoms with Crippen LogP contribution in [0.3, 0.4) is 0 Å². The molecule has 1 aromatic rings. The third-order valence-electron chi connectivity index (χ3n) is 4.20. The Hall–Kier alpha value is -1.73. The zero-order valence-corrected chi connectivity index (χ0v) is 11.9. The molecule has 1 unspecified atom stereocenters.